The van der Waals surface area contributed by atoms with E-state index in [2.05, 4.69) is 15.6 Å². The molecule has 92 valence electrons. The molecule has 2 rings (SSSR count). The van der Waals surface area contributed by atoms with Crippen LogP contribution in [0.2, 0.25) is 5.02 Å². The smallest absolute Gasteiger partial charge is 0.191 e. The fourth-order valence-corrected chi connectivity index (χ4v) is 2.41. The molecule has 5 heteroatoms. The van der Waals surface area contributed by atoms with Crippen molar-refractivity contribution in [2.75, 3.05) is 25.4 Å². The summed E-state index contributed by atoms with van der Waals surface area (Å²) in [4.78, 5) is 5.60. The summed E-state index contributed by atoms with van der Waals surface area (Å²) in [6, 6.07) is 7.93. The normalized spacial score (nSPS) is 15.0. The molecule has 2 N–H and O–H groups in total. The first kappa shape index (κ1) is 12.6. The zero-order valence-electron chi connectivity index (χ0n) is 9.58. The lowest BCUT2D eigenvalue weighted by Gasteiger charge is -2.15. The number of nitrogens with one attached hydrogen (secondary N) is 2. The van der Waals surface area contributed by atoms with Gasteiger partial charge in [-0.25, -0.2) is 0 Å². The number of nitrogens with zero attached hydrogens (tertiary/aromatic N) is 1. The highest BCUT2D eigenvalue weighted by atomic mass is 35.5. The van der Waals surface area contributed by atoms with Gasteiger partial charge in [0.1, 0.15) is 0 Å². The molecule has 1 aliphatic heterocycles. The zero-order valence-corrected chi connectivity index (χ0v) is 11.2. The third kappa shape index (κ3) is 4.48. The number of benzene rings is 1. The van der Waals surface area contributed by atoms with Crippen molar-refractivity contribution in [2.24, 2.45) is 4.99 Å². The van der Waals surface area contributed by atoms with E-state index in [1.54, 1.807) is 0 Å². The van der Waals surface area contributed by atoms with Crippen LogP contribution >= 0.6 is 23.4 Å². The molecular formula is C12H16ClN3S. The quantitative estimate of drug-likeness (QED) is 0.651. The third-order valence-electron chi connectivity index (χ3n) is 2.37. The molecule has 0 atom stereocenters. The van der Waals surface area contributed by atoms with Gasteiger partial charge in [0.15, 0.2) is 5.96 Å². The van der Waals surface area contributed by atoms with Crippen molar-refractivity contribution in [1.29, 1.82) is 0 Å². The Hall–Kier alpha value is -0.870. The molecular weight excluding hydrogens is 254 g/mol. The Morgan fingerprint density at radius 2 is 2.18 bits per heavy atom. The Bertz CT molecular complexity index is 378. The number of hydrogen-bond donors (Lipinski definition) is 2. The molecule has 0 bridgehead atoms. The lowest BCUT2D eigenvalue weighted by molar-refractivity contribution is 0.709. The summed E-state index contributed by atoms with van der Waals surface area (Å²) in [5, 5.41) is 7.32. The largest absolute Gasteiger partial charge is 0.356 e. The second-order valence-corrected chi connectivity index (χ2v) is 5.34. The van der Waals surface area contributed by atoms with Crippen molar-refractivity contribution >= 4 is 29.3 Å². The van der Waals surface area contributed by atoms with Crippen LogP contribution in [0.1, 0.15) is 6.42 Å². The predicted octanol–water partition coefficient (Wildman–Crippen LogP) is 2.37. The summed E-state index contributed by atoms with van der Waals surface area (Å²) in [7, 11) is 0. The van der Waals surface area contributed by atoms with Crippen LogP contribution in [0.4, 0.5) is 0 Å². The molecule has 0 saturated heterocycles. The Balaban J connectivity index is 1.66. The first-order valence-corrected chi connectivity index (χ1v) is 7.11. The van der Waals surface area contributed by atoms with Gasteiger partial charge in [0.2, 0.25) is 0 Å². The van der Waals surface area contributed by atoms with Crippen LogP contribution in [0, 0.1) is 0 Å². The minimum Gasteiger partial charge on any atom is -0.356 e. The van der Waals surface area contributed by atoms with Gasteiger partial charge < -0.3 is 10.6 Å². The summed E-state index contributed by atoms with van der Waals surface area (Å²) < 4.78 is 0. The minimum atomic E-state index is 0.785. The van der Waals surface area contributed by atoms with E-state index in [-0.39, 0.29) is 0 Å². The Kier molecular flexibility index (Phi) is 5.01. The number of halogens is 1. The minimum absolute atomic E-state index is 0.785. The number of rotatable bonds is 4. The summed E-state index contributed by atoms with van der Waals surface area (Å²) in [5.74, 6) is 1.95. The van der Waals surface area contributed by atoms with E-state index >= 15 is 0 Å². The van der Waals surface area contributed by atoms with Gasteiger partial charge >= 0.3 is 0 Å². The molecule has 0 saturated carbocycles. The predicted molar refractivity (Wildman–Crippen MR) is 75.1 cm³/mol. The first-order chi connectivity index (χ1) is 8.34. The fourth-order valence-electron chi connectivity index (χ4n) is 1.52. The summed E-state index contributed by atoms with van der Waals surface area (Å²) in [5.41, 5.74) is 0. The van der Waals surface area contributed by atoms with E-state index in [1.807, 2.05) is 36.0 Å². The number of hydrogen-bond acceptors (Lipinski definition) is 4. The van der Waals surface area contributed by atoms with E-state index in [4.69, 9.17) is 11.6 Å². The van der Waals surface area contributed by atoms with Crippen molar-refractivity contribution < 1.29 is 0 Å². The van der Waals surface area contributed by atoms with Gasteiger partial charge in [-0.05, 0) is 30.7 Å². The van der Waals surface area contributed by atoms with E-state index in [0.717, 1.165) is 42.8 Å². The lowest BCUT2D eigenvalue weighted by Crippen LogP contribution is -2.41. The number of aliphatic imine (C=N–C) groups is 1. The highest BCUT2D eigenvalue weighted by molar-refractivity contribution is 7.99. The molecule has 0 aliphatic carbocycles. The van der Waals surface area contributed by atoms with E-state index in [9.17, 15) is 0 Å². The van der Waals surface area contributed by atoms with Crippen molar-refractivity contribution in [1.82, 2.24) is 10.6 Å². The Morgan fingerprint density at radius 3 is 2.88 bits per heavy atom. The van der Waals surface area contributed by atoms with Gasteiger partial charge in [0.05, 0.1) is 0 Å². The lowest BCUT2D eigenvalue weighted by atomic mass is 10.4. The van der Waals surface area contributed by atoms with Gasteiger partial charge in [0, 0.05) is 35.3 Å². The number of thioether (sulfide) groups is 1. The van der Waals surface area contributed by atoms with Gasteiger partial charge in [-0.2, -0.15) is 0 Å². The van der Waals surface area contributed by atoms with E-state index < -0.39 is 0 Å². The molecule has 0 spiro atoms. The van der Waals surface area contributed by atoms with Gasteiger partial charge in [0.25, 0.3) is 0 Å². The highest BCUT2D eigenvalue weighted by Gasteiger charge is 2.02. The molecule has 0 unspecified atom stereocenters. The molecule has 1 heterocycles. The van der Waals surface area contributed by atoms with Crippen molar-refractivity contribution in [3.05, 3.63) is 29.3 Å². The molecule has 0 amide bonds. The molecule has 1 aliphatic rings. The van der Waals surface area contributed by atoms with E-state index in [0.29, 0.717) is 0 Å². The van der Waals surface area contributed by atoms with Gasteiger partial charge in [-0.15, -0.1) is 11.8 Å². The summed E-state index contributed by atoms with van der Waals surface area (Å²) in [6.45, 7) is 2.87. The van der Waals surface area contributed by atoms with Crippen LogP contribution in [0.15, 0.2) is 34.2 Å². The van der Waals surface area contributed by atoms with Gasteiger partial charge in [-0.1, -0.05) is 11.6 Å². The van der Waals surface area contributed by atoms with Gasteiger partial charge in [-0.3, -0.25) is 4.99 Å². The Morgan fingerprint density at radius 1 is 1.35 bits per heavy atom. The first-order valence-electron chi connectivity index (χ1n) is 5.75. The third-order valence-corrected chi connectivity index (χ3v) is 3.64. The molecule has 0 fully saturated rings. The van der Waals surface area contributed by atoms with Crippen molar-refractivity contribution in [3.63, 3.8) is 0 Å². The van der Waals surface area contributed by atoms with Crippen LogP contribution in [0.5, 0.6) is 0 Å². The maximum absolute atomic E-state index is 5.83. The topological polar surface area (TPSA) is 36.4 Å². The molecule has 1 aromatic rings. The molecule has 0 aromatic heterocycles. The SMILES string of the molecule is Clc1ccc(SCCNC2=NCCCN2)cc1. The molecule has 0 radical (unpaired) electrons. The second-order valence-electron chi connectivity index (χ2n) is 3.74. The van der Waals surface area contributed by atoms with Crippen molar-refractivity contribution in [2.45, 2.75) is 11.3 Å². The Labute approximate surface area is 111 Å². The number of guanidine groups is 1. The van der Waals surface area contributed by atoms with Crippen LogP contribution in [-0.2, 0) is 0 Å². The molecule has 17 heavy (non-hydrogen) atoms. The van der Waals surface area contributed by atoms with Crippen LogP contribution in [0.3, 0.4) is 0 Å². The van der Waals surface area contributed by atoms with E-state index in [1.165, 1.54) is 4.90 Å². The molecule has 3 nitrogen and oxygen atoms in total. The highest BCUT2D eigenvalue weighted by Crippen LogP contribution is 2.19. The standard InChI is InChI=1S/C12H16ClN3S/c13-10-2-4-11(5-3-10)17-9-8-16-12-14-6-1-7-15-12/h2-5H,1,6-9H2,(H2,14,15,16). The zero-order chi connectivity index (χ0) is 11.9. The monoisotopic (exact) mass is 269 g/mol. The summed E-state index contributed by atoms with van der Waals surface area (Å²) in [6.07, 6.45) is 1.13. The van der Waals surface area contributed by atoms with Crippen LogP contribution in [-0.4, -0.2) is 31.3 Å². The summed E-state index contributed by atoms with van der Waals surface area (Å²) >= 11 is 7.64. The van der Waals surface area contributed by atoms with Crippen LogP contribution in [0.25, 0.3) is 0 Å². The maximum atomic E-state index is 5.83. The van der Waals surface area contributed by atoms with Crippen LogP contribution < -0.4 is 10.6 Å². The molecule has 1 aromatic carbocycles. The second kappa shape index (κ2) is 6.77. The maximum Gasteiger partial charge on any atom is 0.191 e. The fraction of sp³-hybridized carbons (Fsp3) is 0.417. The van der Waals surface area contributed by atoms with Crippen molar-refractivity contribution in [3.8, 4) is 0 Å². The average Bonchev–Trinajstić information content (AvgIpc) is 2.38. The average molecular weight is 270 g/mol.